The van der Waals surface area contributed by atoms with Gasteiger partial charge in [0.2, 0.25) is 35.4 Å². The van der Waals surface area contributed by atoms with Crippen LogP contribution >= 0.6 is 11.6 Å². The van der Waals surface area contributed by atoms with Gasteiger partial charge in [0.25, 0.3) is 0 Å². The first-order valence-electron chi connectivity index (χ1n) is 20.8. The second kappa shape index (κ2) is 20.8. The van der Waals surface area contributed by atoms with Gasteiger partial charge in [0.1, 0.15) is 29.7 Å². The van der Waals surface area contributed by atoms with Crippen LogP contribution in [0.25, 0.3) is 0 Å². The van der Waals surface area contributed by atoms with Crippen LogP contribution in [0.15, 0.2) is 29.3 Å². The summed E-state index contributed by atoms with van der Waals surface area (Å²) in [5, 5.41) is 12.3. The van der Waals surface area contributed by atoms with E-state index in [0.717, 1.165) is 44.1 Å². The van der Waals surface area contributed by atoms with E-state index in [4.69, 9.17) is 28.8 Å². The molecule has 1 aliphatic carbocycles. The molecule has 3 saturated heterocycles. The summed E-state index contributed by atoms with van der Waals surface area (Å²) in [5.41, 5.74) is 16.8. The van der Waals surface area contributed by atoms with E-state index in [-0.39, 0.29) is 37.2 Å². The number of rotatable bonds is 6. The second-order valence-corrected chi connectivity index (χ2v) is 16.4. The number of nitrogens with zero attached hydrogens (tertiary/aromatic N) is 3. The van der Waals surface area contributed by atoms with Gasteiger partial charge in [-0.3, -0.25) is 33.8 Å². The summed E-state index contributed by atoms with van der Waals surface area (Å²) < 4.78 is 0. The van der Waals surface area contributed by atoms with Gasteiger partial charge >= 0.3 is 0 Å². The molecule has 0 aromatic heterocycles. The number of hydrogen-bond donors (Lipinski definition) is 7. The minimum atomic E-state index is -1.29. The van der Waals surface area contributed by atoms with Gasteiger partial charge in [-0.25, -0.2) is 0 Å². The summed E-state index contributed by atoms with van der Waals surface area (Å²) in [6.07, 6.45) is 9.87. The fourth-order valence-electron chi connectivity index (χ4n) is 8.36. The van der Waals surface area contributed by atoms with Gasteiger partial charge in [0.05, 0.1) is 6.04 Å². The Hall–Kier alpha value is -4.44. The zero-order valence-corrected chi connectivity index (χ0v) is 33.7. The number of carbonyl (C=O) groups excluding carboxylic acids is 6. The maximum Gasteiger partial charge on any atom is 0.246 e. The molecular formula is C40H61ClN10O6. The fraction of sp³-hybridized carbons (Fsp3) is 0.675. The fourth-order valence-corrected chi connectivity index (χ4v) is 8.57. The SMILES string of the molecule is NC(N)=NCCC[C@@H]1NC(=O)C2(CCC2)NC(=O)[C@@H]2CCCN2C(=O)[C@H](Cc2cccc(Cl)c2)NC(=O)[C@@H](N)CCCCCCCCNC(=O)[C@@H]2CCCN2C1=O. The van der Waals surface area contributed by atoms with Crippen LogP contribution in [0.4, 0.5) is 0 Å². The lowest BCUT2D eigenvalue weighted by Gasteiger charge is -2.43. The number of benzene rings is 1. The Bertz CT molecular complexity index is 1630. The van der Waals surface area contributed by atoms with Crippen LogP contribution in [0.1, 0.15) is 108 Å². The van der Waals surface area contributed by atoms with E-state index in [2.05, 4.69) is 26.3 Å². The number of nitrogens with one attached hydrogen (secondary N) is 4. The van der Waals surface area contributed by atoms with E-state index < -0.39 is 59.4 Å². The summed E-state index contributed by atoms with van der Waals surface area (Å²) in [6.45, 7) is 1.40. The molecule has 5 atom stereocenters. The first-order valence-corrected chi connectivity index (χ1v) is 21.1. The Labute approximate surface area is 340 Å². The van der Waals surface area contributed by atoms with Crippen molar-refractivity contribution in [1.82, 2.24) is 31.1 Å². The number of hydrogen-bond acceptors (Lipinski definition) is 8. The molecule has 1 saturated carbocycles. The van der Waals surface area contributed by atoms with E-state index in [1.54, 1.807) is 23.1 Å². The molecule has 6 amide bonds. The number of carbonyl (C=O) groups is 6. The minimum absolute atomic E-state index is 0.0845. The van der Waals surface area contributed by atoms with Gasteiger partial charge in [0, 0.05) is 37.6 Å². The molecule has 16 nitrogen and oxygen atoms in total. The predicted molar refractivity (Wildman–Crippen MR) is 216 cm³/mol. The Kier molecular flexibility index (Phi) is 16.0. The summed E-state index contributed by atoms with van der Waals surface area (Å²) in [6, 6.07) is 2.72. The first-order chi connectivity index (χ1) is 27.4. The third-order valence-electron chi connectivity index (χ3n) is 11.8. The largest absolute Gasteiger partial charge is 0.370 e. The van der Waals surface area contributed by atoms with Crippen molar-refractivity contribution in [1.29, 1.82) is 0 Å². The van der Waals surface area contributed by atoms with Gasteiger partial charge in [-0.2, -0.15) is 0 Å². The Morgan fingerprint density at radius 3 is 2.07 bits per heavy atom. The Balaban J connectivity index is 1.38. The van der Waals surface area contributed by atoms with Crippen LogP contribution in [-0.4, -0.2) is 113 Å². The maximum absolute atomic E-state index is 14.3. The molecule has 4 fully saturated rings. The normalized spacial score (nSPS) is 27.4. The molecule has 1 aromatic rings. The number of fused-ring (bicyclic) bond motifs is 2. The standard InChI is InChI=1S/C40H61ClN10O6/c41-27-13-7-12-26(24-27)25-30-37(56)51-23-10-17-32(51)35(54)49-40(18-11-19-40)38(57)48-29(15-8-21-46-39(43)44)36(55)50-22-9-16-31(50)34(53)45-20-6-4-2-1-3-5-14-28(42)33(52)47-30/h7,12-13,24,28-32H,1-6,8-11,14-23,25,42H2,(H,45,53)(H,47,52)(H,48,57)(H,49,54)(H4,43,44,46)/t28-,29-,30-,31-,32-/m0/s1. The molecule has 10 N–H and O–H groups in total. The van der Waals surface area contributed by atoms with Gasteiger partial charge in [0.15, 0.2) is 5.96 Å². The van der Waals surface area contributed by atoms with Crippen LogP contribution in [0.2, 0.25) is 5.02 Å². The van der Waals surface area contributed by atoms with Crippen LogP contribution in [0.5, 0.6) is 0 Å². The Morgan fingerprint density at radius 2 is 1.42 bits per heavy atom. The molecule has 0 bridgehead atoms. The molecule has 314 valence electrons. The van der Waals surface area contributed by atoms with Gasteiger partial charge < -0.3 is 48.3 Å². The molecule has 1 aromatic carbocycles. The highest BCUT2D eigenvalue weighted by Crippen LogP contribution is 2.34. The summed E-state index contributed by atoms with van der Waals surface area (Å²) in [5.74, 6) is -2.51. The number of halogens is 1. The second-order valence-electron chi connectivity index (χ2n) is 16.0. The zero-order chi connectivity index (χ0) is 41.0. The van der Waals surface area contributed by atoms with Gasteiger partial charge in [-0.05, 0) is 88.3 Å². The molecule has 1 spiro atoms. The highest BCUT2D eigenvalue weighted by molar-refractivity contribution is 6.30. The Morgan fingerprint density at radius 1 is 0.772 bits per heavy atom. The van der Waals surface area contributed by atoms with Crippen molar-refractivity contribution < 1.29 is 28.8 Å². The number of amides is 6. The molecule has 4 aliphatic rings. The van der Waals surface area contributed by atoms with E-state index in [0.29, 0.717) is 82.4 Å². The van der Waals surface area contributed by atoms with Crippen molar-refractivity contribution in [3.63, 3.8) is 0 Å². The van der Waals surface area contributed by atoms with E-state index in [9.17, 15) is 28.8 Å². The third-order valence-corrected chi connectivity index (χ3v) is 12.0. The average molecular weight is 813 g/mol. The number of aliphatic imine (C=N–C) groups is 1. The lowest BCUT2D eigenvalue weighted by Crippen LogP contribution is -2.67. The molecular weight excluding hydrogens is 752 g/mol. The van der Waals surface area contributed by atoms with E-state index in [1.807, 2.05) is 6.07 Å². The van der Waals surface area contributed by atoms with Crippen LogP contribution in [0, 0.1) is 0 Å². The average Bonchev–Trinajstić information content (AvgIpc) is 3.86. The smallest absolute Gasteiger partial charge is 0.246 e. The van der Waals surface area contributed by atoms with Crippen molar-refractivity contribution in [2.24, 2.45) is 22.2 Å². The summed E-state index contributed by atoms with van der Waals surface area (Å²) >= 11 is 6.27. The minimum Gasteiger partial charge on any atom is -0.370 e. The third kappa shape index (κ3) is 11.8. The van der Waals surface area contributed by atoms with E-state index in [1.165, 1.54) is 4.90 Å². The van der Waals surface area contributed by atoms with Crippen molar-refractivity contribution in [3.05, 3.63) is 34.9 Å². The van der Waals surface area contributed by atoms with Crippen molar-refractivity contribution in [2.75, 3.05) is 26.2 Å². The van der Waals surface area contributed by atoms with Gasteiger partial charge in [-0.15, -0.1) is 0 Å². The predicted octanol–water partition coefficient (Wildman–Crippen LogP) is 1.11. The van der Waals surface area contributed by atoms with Crippen molar-refractivity contribution >= 4 is 53.0 Å². The van der Waals surface area contributed by atoms with Crippen LogP contribution in [0.3, 0.4) is 0 Å². The molecule has 3 heterocycles. The van der Waals surface area contributed by atoms with E-state index >= 15 is 0 Å². The van der Waals surface area contributed by atoms with Crippen LogP contribution in [-0.2, 0) is 35.2 Å². The molecule has 5 rings (SSSR count). The molecule has 3 aliphatic heterocycles. The summed E-state index contributed by atoms with van der Waals surface area (Å²) in [7, 11) is 0. The summed E-state index contributed by atoms with van der Waals surface area (Å²) in [4.78, 5) is 90.6. The van der Waals surface area contributed by atoms with Crippen molar-refractivity contribution in [2.45, 2.75) is 145 Å². The zero-order valence-electron chi connectivity index (χ0n) is 32.9. The highest BCUT2D eigenvalue weighted by atomic mass is 35.5. The van der Waals surface area contributed by atoms with Crippen molar-refractivity contribution in [3.8, 4) is 0 Å². The van der Waals surface area contributed by atoms with Gasteiger partial charge in [-0.1, -0.05) is 55.8 Å². The van der Waals surface area contributed by atoms with Crippen LogP contribution < -0.4 is 38.5 Å². The highest BCUT2D eigenvalue weighted by Gasteiger charge is 2.49. The quantitative estimate of drug-likeness (QED) is 0.123. The number of nitrogens with two attached hydrogens (primary N) is 3. The molecule has 0 radical (unpaired) electrons. The topological polar surface area (TPSA) is 247 Å². The first kappa shape index (κ1) is 43.7. The maximum atomic E-state index is 14.3. The monoisotopic (exact) mass is 812 g/mol. The number of guanidine groups is 1. The lowest BCUT2D eigenvalue weighted by atomic mass is 9.75. The molecule has 57 heavy (non-hydrogen) atoms. The lowest BCUT2D eigenvalue weighted by molar-refractivity contribution is -0.146. The molecule has 0 unspecified atom stereocenters. The molecule has 17 heteroatoms.